The first-order valence-corrected chi connectivity index (χ1v) is 5.33. The smallest absolute Gasteiger partial charge is 0.318 e. The second-order valence-corrected chi connectivity index (χ2v) is 3.85. The monoisotopic (exact) mass is 245 g/mol. The molecule has 94 valence electrons. The number of nitrogens with one attached hydrogen (secondary N) is 1. The van der Waals surface area contributed by atoms with E-state index < -0.39 is 12.1 Å². The van der Waals surface area contributed by atoms with Crippen molar-refractivity contribution in [3.8, 4) is 0 Å². The topological polar surface area (TPSA) is 29.1 Å². The Labute approximate surface area is 97.8 Å². The summed E-state index contributed by atoms with van der Waals surface area (Å²) in [4.78, 5) is 10.9. The molecule has 1 amide bonds. The molecule has 0 heterocycles. The van der Waals surface area contributed by atoms with Gasteiger partial charge in [-0.05, 0) is 24.0 Å². The van der Waals surface area contributed by atoms with Crippen LogP contribution in [0.15, 0.2) is 24.3 Å². The fourth-order valence-electron chi connectivity index (χ4n) is 1.45. The van der Waals surface area contributed by atoms with E-state index >= 15 is 0 Å². The zero-order valence-electron chi connectivity index (χ0n) is 9.64. The molecular weight excluding hydrogens is 231 g/mol. The number of alkyl halides is 3. The molecule has 1 unspecified atom stereocenters. The van der Waals surface area contributed by atoms with Crippen LogP contribution in [0.2, 0.25) is 0 Å². The van der Waals surface area contributed by atoms with Crippen molar-refractivity contribution in [2.75, 3.05) is 5.32 Å². The molecule has 17 heavy (non-hydrogen) atoms. The van der Waals surface area contributed by atoms with Crippen molar-refractivity contribution >= 4 is 11.6 Å². The van der Waals surface area contributed by atoms with E-state index in [1.807, 2.05) is 19.2 Å². The van der Waals surface area contributed by atoms with Crippen LogP contribution in [0.3, 0.4) is 0 Å². The van der Waals surface area contributed by atoms with Gasteiger partial charge in [-0.25, -0.2) is 0 Å². The molecule has 0 bridgehead atoms. The van der Waals surface area contributed by atoms with E-state index in [0.29, 0.717) is 5.56 Å². The number of amides is 1. The van der Waals surface area contributed by atoms with Gasteiger partial charge in [0, 0.05) is 5.69 Å². The number of para-hydroxylation sites is 1. The first-order chi connectivity index (χ1) is 7.86. The Balaban J connectivity index is 2.95. The Kier molecular flexibility index (Phi) is 4.15. The van der Waals surface area contributed by atoms with Crippen molar-refractivity contribution in [1.82, 2.24) is 0 Å². The molecule has 1 atom stereocenters. The highest BCUT2D eigenvalue weighted by molar-refractivity contribution is 5.95. The van der Waals surface area contributed by atoms with Crippen molar-refractivity contribution in [2.45, 2.75) is 32.4 Å². The Morgan fingerprint density at radius 3 is 2.47 bits per heavy atom. The fourth-order valence-corrected chi connectivity index (χ4v) is 1.45. The van der Waals surface area contributed by atoms with Crippen LogP contribution in [0.1, 0.15) is 31.7 Å². The van der Waals surface area contributed by atoms with Gasteiger partial charge in [-0.1, -0.05) is 32.0 Å². The lowest BCUT2D eigenvalue weighted by Crippen LogP contribution is -2.30. The number of carbonyl (C=O) groups is 1. The minimum atomic E-state index is -4.86. The SMILES string of the molecule is CCC(C)c1ccccc1NC(=O)C(F)(F)F. The van der Waals surface area contributed by atoms with Crippen molar-refractivity contribution in [3.05, 3.63) is 29.8 Å². The summed E-state index contributed by atoms with van der Waals surface area (Å²) in [7, 11) is 0. The number of halogens is 3. The molecule has 0 aliphatic carbocycles. The van der Waals surface area contributed by atoms with Gasteiger partial charge in [0.2, 0.25) is 0 Å². The summed E-state index contributed by atoms with van der Waals surface area (Å²) >= 11 is 0. The van der Waals surface area contributed by atoms with Crippen LogP contribution < -0.4 is 5.32 Å². The van der Waals surface area contributed by atoms with Gasteiger partial charge in [-0.2, -0.15) is 13.2 Å². The van der Waals surface area contributed by atoms with Gasteiger partial charge < -0.3 is 5.32 Å². The third kappa shape index (κ3) is 3.47. The van der Waals surface area contributed by atoms with Crippen LogP contribution in [0.5, 0.6) is 0 Å². The number of anilines is 1. The van der Waals surface area contributed by atoms with Crippen molar-refractivity contribution in [2.24, 2.45) is 0 Å². The Hall–Kier alpha value is -1.52. The molecule has 0 saturated heterocycles. The van der Waals surface area contributed by atoms with Crippen molar-refractivity contribution in [3.63, 3.8) is 0 Å². The van der Waals surface area contributed by atoms with Gasteiger partial charge in [0.15, 0.2) is 0 Å². The van der Waals surface area contributed by atoms with Crippen LogP contribution in [-0.4, -0.2) is 12.1 Å². The summed E-state index contributed by atoms with van der Waals surface area (Å²) in [6.45, 7) is 3.84. The molecule has 0 radical (unpaired) electrons. The predicted octanol–water partition coefficient (Wildman–Crippen LogP) is 3.70. The molecule has 2 nitrogen and oxygen atoms in total. The summed E-state index contributed by atoms with van der Waals surface area (Å²) in [5, 5.41) is 1.90. The molecule has 1 N–H and O–H groups in total. The first kappa shape index (κ1) is 13.5. The van der Waals surface area contributed by atoms with Crippen molar-refractivity contribution in [1.29, 1.82) is 0 Å². The Bertz CT molecular complexity index is 401. The molecular formula is C12H14F3NO. The molecule has 0 saturated carbocycles. The molecule has 0 aliphatic heterocycles. The molecule has 0 aromatic heterocycles. The van der Waals surface area contributed by atoms with Crippen LogP contribution in [0.25, 0.3) is 0 Å². The Morgan fingerprint density at radius 2 is 1.94 bits per heavy atom. The van der Waals surface area contributed by atoms with Crippen LogP contribution in [-0.2, 0) is 4.79 Å². The fraction of sp³-hybridized carbons (Fsp3) is 0.417. The highest BCUT2D eigenvalue weighted by Crippen LogP contribution is 2.28. The molecule has 0 spiro atoms. The van der Waals surface area contributed by atoms with Crippen LogP contribution in [0, 0.1) is 0 Å². The predicted molar refractivity (Wildman–Crippen MR) is 59.8 cm³/mol. The normalized spacial score (nSPS) is 13.2. The Morgan fingerprint density at radius 1 is 1.35 bits per heavy atom. The summed E-state index contributed by atoms with van der Waals surface area (Å²) in [6.07, 6.45) is -4.07. The number of rotatable bonds is 3. The summed E-state index contributed by atoms with van der Waals surface area (Å²) in [5.74, 6) is -1.84. The van der Waals surface area contributed by atoms with Gasteiger partial charge in [-0.3, -0.25) is 4.79 Å². The van der Waals surface area contributed by atoms with Crippen LogP contribution in [0.4, 0.5) is 18.9 Å². The second kappa shape index (κ2) is 5.21. The number of carbonyl (C=O) groups excluding carboxylic acids is 1. The van der Waals surface area contributed by atoms with Gasteiger partial charge in [0.05, 0.1) is 0 Å². The number of hydrogen-bond donors (Lipinski definition) is 1. The highest BCUT2D eigenvalue weighted by atomic mass is 19.4. The zero-order valence-corrected chi connectivity index (χ0v) is 9.64. The average Bonchev–Trinajstić information content (AvgIpc) is 2.27. The van der Waals surface area contributed by atoms with E-state index in [9.17, 15) is 18.0 Å². The second-order valence-electron chi connectivity index (χ2n) is 3.85. The minimum absolute atomic E-state index is 0.0970. The van der Waals surface area contributed by atoms with Gasteiger partial charge in [-0.15, -0.1) is 0 Å². The van der Waals surface area contributed by atoms with Crippen LogP contribution >= 0.6 is 0 Å². The molecule has 1 aromatic rings. The lowest BCUT2D eigenvalue weighted by atomic mass is 9.97. The van der Waals surface area contributed by atoms with Gasteiger partial charge in [0.1, 0.15) is 0 Å². The molecule has 0 aliphatic rings. The van der Waals surface area contributed by atoms with Crippen molar-refractivity contribution < 1.29 is 18.0 Å². The minimum Gasteiger partial charge on any atom is -0.318 e. The molecule has 1 aromatic carbocycles. The first-order valence-electron chi connectivity index (χ1n) is 5.33. The zero-order chi connectivity index (χ0) is 13.1. The summed E-state index contributed by atoms with van der Waals surface area (Å²) in [6, 6.07) is 6.54. The van der Waals surface area contributed by atoms with Gasteiger partial charge >= 0.3 is 12.1 Å². The largest absolute Gasteiger partial charge is 0.471 e. The quantitative estimate of drug-likeness (QED) is 0.864. The third-order valence-corrected chi connectivity index (χ3v) is 2.61. The molecule has 1 rings (SSSR count). The van der Waals surface area contributed by atoms with Gasteiger partial charge in [0.25, 0.3) is 0 Å². The maximum atomic E-state index is 12.1. The standard InChI is InChI=1S/C12H14F3NO/c1-3-8(2)9-6-4-5-7-10(9)16-11(17)12(13,14)15/h4-8H,3H2,1-2H3,(H,16,17). The van der Waals surface area contributed by atoms with E-state index in [-0.39, 0.29) is 11.6 Å². The average molecular weight is 245 g/mol. The van der Waals surface area contributed by atoms with E-state index in [1.54, 1.807) is 18.2 Å². The van der Waals surface area contributed by atoms with E-state index in [4.69, 9.17) is 0 Å². The lowest BCUT2D eigenvalue weighted by molar-refractivity contribution is -0.167. The third-order valence-electron chi connectivity index (χ3n) is 2.61. The number of hydrogen-bond acceptors (Lipinski definition) is 1. The maximum absolute atomic E-state index is 12.1. The van der Waals surface area contributed by atoms with E-state index in [0.717, 1.165) is 6.42 Å². The summed E-state index contributed by atoms with van der Waals surface area (Å²) in [5.41, 5.74) is 0.941. The molecule has 0 fully saturated rings. The lowest BCUT2D eigenvalue weighted by Gasteiger charge is -2.16. The summed E-state index contributed by atoms with van der Waals surface area (Å²) < 4.78 is 36.4. The highest BCUT2D eigenvalue weighted by Gasteiger charge is 2.38. The maximum Gasteiger partial charge on any atom is 0.471 e. The molecule has 5 heteroatoms. The number of benzene rings is 1. The van der Waals surface area contributed by atoms with E-state index in [1.165, 1.54) is 6.07 Å². The van der Waals surface area contributed by atoms with E-state index in [2.05, 4.69) is 0 Å².